The van der Waals surface area contributed by atoms with Crippen molar-refractivity contribution in [3.8, 4) is 0 Å². The standard InChI is InChI=1S/C15H24O/c1-5-11-14(16)8-13-10(4)6-7-12(9(2)3)15(11)13/h9,11-13,15H,4-8H2,1-3H3/t11-,12+,13+,15-/m1/s1. The lowest BCUT2D eigenvalue weighted by atomic mass is 9.65. The Hall–Kier alpha value is -0.590. The molecule has 2 fully saturated rings. The molecule has 2 aliphatic rings. The van der Waals surface area contributed by atoms with Crippen LogP contribution in [0.15, 0.2) is 12.2 Å². The van der Waals surface area contributed by atoms with Crippen LogP contribution >= 0.6 is 0 Å². The van der Waals surface area contributed by atoms with Gasteiger partial charge in [-0.05, 0) is 42.9 Å². The summed E-state index contributed by atoms with van der Waals surface area (Å²) < 4.78 is 0. The molecule has 0 amide bonds. The second kappa shape index (κ2) is 4.35. The van der Waals surface area contributed by atoms with Crippen molar-refractivity contribution in [2.24, 2.45) is 29.6 Å². The molecular weight excluding hydrogens is 196 g/mol. The van der Waals surface area contributed by atoms with E-state index in [0.717, 1.165) is 25.2 Å². The van der Waals surface area contributed by atoms with Gasteiger partial charge in [0.05, 0.1) is 0 Å². The van der Waals surface area contributed by atoms with E-state index in [4.69, 9.17) is 0 Å². The summed E-state index contributed by atoms with van der Waals surface area (Å²) in [5.74, 6) is 3.41. The minimum Gasteiger partial charge on any atom is -0.299 e. The Bertz CT molecular complexity index is 303. The number of ketones is 1. The second-order valence-electron chi connectivity index (χ2n) is 5.97. The molecule has 1 heteroatoms. The van der Waals surface area contributed by atoms with Crippen molar-refractivity contribution in [3.63, 3.8) is 0 Å². The van der Waals surface area contributed by atoms with Crippen LogP contribution in [0.4, 0.5) is 0 Å². The van der Waals surface area contributed by atoms with Gasteiger partial charge in [0.15, 0.2) is 0 Å². The summed E-state index contributed by atoms with van der Waals surface area (Å²) in [6.45, 7) is 11.0. The highest BCUT2D eigenvalue weighted by atomic mass is 16.1. The number of carbonyl (C=O) groups excluding carboxylic acids is 1. The van der Waals surface area contributed by atoms with Crippen LogP contribution in [0.25, 0.3) is 0 Å². The molecule has 1 nitrogen and oxygen atoms in total. The van der Waals surface area contributed by atoms with Crippen molar-refractivity contribution >= 4 is 5.78 Å². The summed E-state index contributed by atoms with van der Waals surface area (Å²) in [6.07, 6.45) is 4.21. The number of hydrogen-bond donors (Lipinski definition) is 0. The molecule has 90 valence electrons. The first-order valence-electron chi connectivity index (χ1n) is 6.76. The SMILES string of the molecule is C=C1CC[C@@H](C(C)C)[C@H]2[C@H](CC)C(=O)C[C@@H]12. The number of hydrogen-bond acceptors (Lipinski definition) is 1. The van der Waals surface area contributed by atoms with Crippen LogP contribution in [0, 0.1) is 29.6 Å². The molecule has 16 heavy (non-hydrogen) atoms. The van der Waals surface area contributed by atoms with Crippen LogP contribution in [-0.2, 0) is 4.79 Å². The molecule has 0 aromatic heterocycles. The van der Waals surface area contributed by atoms with Gasteiger partial charge in [0, 0.05) is 12.3 Å². The molecule has 2 saturated carbocycles. The van der Waals surface area contributed by atoms with E-state index in [1.54, 1.807) is 0 Å². The predicted molar refractivity (Wildman–Crippen MR) is 67.1 cm³/mol. The van der Waals surface area contributed by atoms with Gasteiger partial charge in [0.2, 0.25) is 0 Å². The summed E-state index contributed by atoms with van der Waals surface area (Å²) in [6, 6.07) is 0. The highest BCUT2D eigenvalue weighted by molar-refractivity contribution is 5.84. The fourth-order valence-corrected chi connectivity index (χ4v) is 4.02. The number of carbonyl (C=O) groups is 1. The summed E-state index contributed by atoms with van der Waals surface area (Å²) in [4.78, 5) is 12.0. The van der Waals surface area contributed by atoms with Crippen LogP contribution in [0.2, 0.25) is 0 Å². The molecular formula is C15H24O. The average Bonchev–Trinajstić information content (AvgIpc) is 2.55. The number of Topliss-reactive ketones (excluding diaryl/α,β-unsaturated/α-hetero) is 1. The number of fused-ring (bicyclic) bond motifs is 1. The first kappa shape index (κ1) is 11.9. The van der Waals surface area contributed by atoms with Gasteiger partial charge in [-0.2, -0.15) is 0 Å². The lowest BCUT2D eigenvalue weighted by Crippen LogP contribution is -2.33. The van der Waals surface area contributed by atoms with Gasteiger partial charge in [-0.25, -0.2) is 0 Å². The van der Waals surface area contributed by atoms with E-state index in [-0.39, 0.29) is 0 Å². The number of allylic oxidation sites excluding steroid dienone is 1. The molecule has 0 heterocycles. The average molecular weight is 220 g/mol. The van der Waals surface area contributed by atoms with Crippen LogP contribution in [-0.4, -0.2) is 5.78 Å². The van der Waals surface area contributed by atoms with Gasteiger partial charge in [-0.15, -0.1) is 0 Å². The summed E-state index contributed by atoms with van der Waals surface area (Å²) in [5, 5.41) is 0. The third kappa shape index (κ3) is 1.74. The molecule has 2 rings (SSSR count). The molecule has 4 atom stereocenters. The van der Waals surface area contributed by atoms with E-state index >= 15 is 0 Å². The maximum Gasteiger partial charge on any atom is 0.136 e. The molecule has 0 unspecified atom stereocenters. The zero-order chi connectivity index (χ0) is 11.9. The Morgan fingerprint density at radius 2 is 2.12 bits per heavy atom. The van der Waals surface area contributed by atoms with E-state index in [2.05, 4.69) is 27.4 Å². The smallest absolute Gasteiger partial charge is 0.136 e. The predicted octanol–water partition coefficient (Wildman–Crippen LogP) is 3.84. The Morgan fingerprint density at radius 1 is 1.44 bits per heavy atom. The fraction of sp³-hybridized carbons (Fsp3) is 0.800. The molecule has 0 bridgehead atoms. The minimum absolute atomic E-state index is 0.328. The zero-order valence-corrected chi connectivity index (χ0v) is 10.8. The van der Waals surface area contributed by atoms with Gasteiger partial charge >= 0.3 is 0 Å². The third-order valence-electron chi connectivity index (χ3n) is 4.88. The van der Waals surface area contributed by atoms with E-state index in [1.807, 2.05) is 0 Å². The highest BCUT2D eigenvalue weighted by Gasteiger charge is 2.48. The largest absolute Gasteiger partial charge is 0.299 e. The Morgan fingerprint density at radius 3 is 2.69 bits per heavy atom. The van der Waals surface area contributed by atoms with Crippen molar-refractivity contribution in [2.45, 2.75) is 46.5 Å². The fourth-order valence-electron chi connectivity index (χ4n) is 4.02. The molecule has 2 aliphatic carbocycles. The lowest BCUT2D eigenvalue weighted by molar-refractivity contribution is -0.121. The second-order valence-corrected chi connectivity index (χ2v) is 5.97. The van der Waals surface area contributed by atoms with Gasteiger partial charge in [-0.3, -0.25) is 4.79 Å². The van der Waals surface area contributed by atoms with Gasteiger partial charge in [-0.1, -0.05) is 32.9 Å². The normalized spacial score (nSPS) is 39.2. The van der Waals surface area contributed by atoms with Crippen LogP contribution in [0.3, 0.4) is 0 Å². The quantitative estimate of drug-likeness (QED) is 0.646. The van der Waals surface area contributed by atoms with E-state index < -0.39 is 0 Å². The minimum atomic E-state index is 0.328. The third-order valence-corrected chi connectivity index (χ3v) is 4.88. The lowest BCUT2D eigenvalue weighted by Gasteiger charge is -2.39. The van der Waals surface area contributed by atoms with Crippen molar-refractivity contribution < 1.29 is 4.79 Å². The molecule has 0 radical (unpaired) electrons. The molecule has 0 aromatic carbocycles. The Labute approximate surface area is 99.3 Å². The molecule has 0 saturated heterocycles. The molecule has 0 N–H and O–H groups in total. The summed E-state index contributed by atoms with van der Waals surface area (Å²) >= 11 is 0. The van der Waals surface area contributed by atoms with Crippen LogP contribution < -0.4 is 0 Å². The summed E-state index contributed by atoms with van der Waals surface area (Å²) in [5.41, 5.74) is 1.35. The Kier molecular flexibility index (Phi) is 3.23. The highest BCUT2D eigenvalue weighted by Crippen LogP contribution is 2.52. The molecule has 0 spiro atoms. The molecule has 0 aromatic rings. The number of rotatable bonds is 2. The van der Waals surface area contributed by atoms with Crippen molar-refractivity contribution in [1.29, 1.82) is 0 Å². The van der Waals surface area contributed by atoms with Gasteiger partial charge < -0.3 is 0 Å². The van der Waals surface area contributed by atoms with Crippen molar-refractivity contribution in [2.75, 3.05) is 0 Å². The Balaban J connectivity index is 2.28. The van der Waals surface area contributed by atoms with Gasteiger partial charge in [0.1, 0.15) is 5.78 Å². The van der Waals surface area contributed by atoms with E-state index in [1.165, 1.54) is 12.0 Å². The summed E-state index contributed by atoms with van der Waals surface area (Å²) in [7, 11) is 0. The van der Waals surface area contributed by atoms with Crippen LogP contribution in [0.1, 0.15) is 46.5 Å². The molecule has 0 aliphatic heterocycles. The topological polar surface area (TPSA) is 17.1 Å². The van der Waals surface area contributed by atoms with Crippen LogP contribution in [0.5, 0.6) is 0 Å². The monoisotopic (exact) mass is 220 g/mol. The maximum atomic E-state index is 12.0. The first-order chi connectivity index (χ1) is 7.56. The van der Waals surface area contributed by atoms with Gasteiger partial charge in [0.25, 0.3) is 0 Å². The maximum absolute atomic E-state index is 12.0. The van der Waals surface area contributed by atoms with Crippen molar-refractivity contribution in [1.82, 2.24) is 0 Å². The zero-order valence-electron chi connectivity index (χ0n) is 10.8. The van der Waals surface area contributed by atoms with Crippen molar-refractivity contribution in [3.05, 3.63) is 12.2 Å². The van der Waals surface area contributed by atoms with E-state index in [0.29, 0.717) is 29.5 Å². The first-order valence-corrected chi connectivity index (χ1v) is 6.76. The van der Waals surface area contributed by atoms with E-state index in [9.17, 15) is 4.79 Å².